The maximum absolute atomic E-state index is 13.4. The number of ether oxygens (including phenoxy) is 1. The number of nitrogens with one attached hydrogen (secondary N) is 2. The molecule has 2 heterocycles. The van der Waals surface area contributed by atoms with Crippen molar-refractivity contribution in [3.05, 3.63) is 40.7 Å². The van der Waals surface area contributed by atoms with E-state index < -0.39 is 35.0 Å². The first-order chi connectivity index (χ1) is 17.1. The van der Waals surface area contributed by atoms with Gasteiger partial charge in [-0.1, -0.05) is 6.07 Å². The van der Waals surface area contributed by atoms with E-state index in [-0.39, 0.29) is 36.7 Å². The molecule has 2 N–H and O–H groups in total. The number of hydrogen-bond donors (Lipinski definition) is 2. The first kappa shape index (κ1) is 28.2. The topological polar surface area (TPSA) is 106 Å². The molecule has 9 nitrogen and oxygen atoms in total. The Balaban J connectivity index is 0.00000200. The number of benzene rings is 1. The summed E-state index contributed by atoms with van der Waals surface area (Å²) in [4.78, 5) is 13.0. The monoisotopic (exact) mass is 551 g/mol. The van der Waals surface area contributed by atoms with Crippen molar-refractivity contribution in [3.8, 4) is 0 Å². The Hall–Kier alpha value is -1.80. The number of carbonyl (C=O) groups excluding carboxylic acids is 1. The maximum Gasteiger partial charge on any atom is 1.00 e. The van der Waals surface area contributed by atoms with Crippen molar-refractivity contribution in [1.82, 2.24) is 14.5 Å². The maximum atomic E-state index is 13.4. The Bertz CT molecular complexity index is 1240. The van der Waals surface area contributed by atoms with Gasteiger partial charge in [0.05, 0.1) is 17.9 Å². The summed E-state index contributed by atoms with van der Waals surface area (Å²) in [6.07, 6.45) is 3.67. The molecule has 198 valence electrons. The van der Waals surface area contributed by atoms with Crippen LogP contribution in [0.4, 0.5) is 29.3 Å². The molecule has 37 heavy (non-hydrogen) atoms. The number of rotatable bonds is 6. The summed E-state index contributed by atoms with van der Waals surface area (Å²) in [6, 6.07) is 0.706. The van der Waals surface area contributed by atoms with E-state index in [1.54, 1.807) is 0 Å². The summed E-state index contributed by atoms with van der Waals surface area (Å²) in [5.74, 6) is 0. The molecule has 0 radical (unpaired) electrons. The number of carbonyl (C=O) groups is 1. The van der Waals surface area contributed by atoms with Crippen LogP contribution in [0.15, 0.2) is 18.5 Å². The van der Waals surface area contributed by atoms with Gasteiger partial charge in [0.2, 0.25) is 0 Å². The zero-order chi connectivity index (χ0) is 25.5. The molecular formula is C23H29F3N5NaO4S. The van der Waals surface area contributed by atoms with Crippen molar-refractivity contribution in [2.75, 3.05) is 22.8 Å². The van der Waals surface area contributed by atoms with Crippen molar-refractivity contribution in [2.24, 2.45) is 0 Å². The van der Waals surface area contributed by atoms with E-state index in [0.29, 0.717) is 36.4 Å². The Kier molecular flexibility index (Phi) is 8.49. The number of halogens is 3. The molecule has 0 saturated carbocycles. The van der Waals surface area contributed by atoms with Gasteiger partial charge in [0.1, 0.15) is 6.54 Å². The fourth-order valence-corrected chi connectivity index (χ4v) is 6.83. The Morgan fingerprint density at radius 2 is 1.76 bits per heavy atom. The fraction of sp³-hybridized carbons (Fsp3) is 0.565. The predicted octanol–water partition coefficient (Wildman–Crippen LogP) is 0.591. The van der Waals surface area contributed by atoms with Crippen LogP contribution in [-0.2, 0) is 47.2 Å². The minimum atomic E-state index is -4.51. The van der Waals surface area contributed by atoms with Gasteiger partial charge in [-0.15, -0.1) is 0 Å². The van der Waals surface area contributed by atoms with Crippen molar-refractivity contribution in [3.63, 3.8) is 0 Å². The number of fused-ring (bicyclic) bond motifs is 2. The van der Waals surface area contributed by atoms with Gasteiger partial charge < -0.3 is 11.5 Å². The van der Waals surface area contributed by atoms with Crippen LogP contribution in [0.3, 0.4) is 0 Å². The number of aromatic nitrogens is 2. The van der Waals surface area contributed by atoms with E-state index in [4.69, 9.17) is 4.74 Å². The Morgan fingerprint density at radius 3 is 2.35 bits per heavy atom. The summed E-state index contributed by atoms with van der Waals surface area (Å²) in [5.41, 5.74) is 5.13. The minimum absolute atomic E-state index is 0. The van der Waals surface area contributed by atoms with Crippen LogP contribution < -0.4 is 43.9 Å². The third-order valence-corrected chi connectivity index (χ3v) is 8.40. The van der Waals surface area contributed by atoms with Gasteiger partial charge >= 0.3 is 52.0 Å². The Morgan fingerprint density at radius 1 is 1.14 bits per heavy atom. The summed E-state index contributed by atoms with van der Waals surface area (Å²) in [5, 5.41) is 6.48. The minimum Gasteiger partial charge on any atom is -1.00 e. The summed E-state index contributed by atoms with van der Waals surface area (Å²) >= 11 is 0. The molecule has 14 heteroatoms. The molecule has 5 rings (SSSR count). The average molecular weight is 552 g/mol. The van der Waals surface area contributed by atoms with Crippen LogP contribution in [-0.4, -0.2) is 49.7 Å². The zero-order valence-corrected chi connectivity index (χ0v) is 23.4. The second-order valence-electron chi connectivity index (χ2n) is 9.45. The number of aryl methyl sites for hydroxylation is 2. The number of alkyl halides is 3. The van der Waals surface area contributed by atoms with Crippen LogP contribution in [0.5, 0.6) is 0 Å². The van der Waals surface area contributed by atoms with E-state index in [1.807, 2.05) is 0 Å². The second-order valence-corrected chi connectivity index (χ2v) is 11.0. The molecule has 2 amide bonds. The van der Waals surface area contributed by atoms with Gasteiger partial charge in [-0.25, -0.2) is 13.8 Å². The van der Waals surface area contributed by atoms with Crippen LogP contribution >= 0.6 is 0 Å². The number of urea groups is 1. The number of hydrogen-bond acceptors (Lipinski definition) is 5. The number of nitrogens with zero attached hydrogens (tertiary/aromatic N) is 3. The molecule has 3 aliphatic rings. The average Bonchev–Trinajstić information content (AvgIpc) is 3.54. The van der Waals surface area contributed by atoms with E-state index in [2.05, 4.69) is 21.2 Å². The molecule has 0 spiro atoms. The zero-order valence-electron chi connectivity index (χ0n) is 21.6. The van der Waals surface area contributed by atoms with Crippen LogP contribution in [0.1, 0.15) is 49.4 Å². The van der Waals surface area contributed by atoms with E-state index in [0.717, 1.165) is 66.4 Å². The largest absolute Gasteiger partial charge is 1.00 e. The molecule has 1 aromatic carbocycles. The van der Waals surface area contributed by atoms with Crippen molar-refractivity contribution < 1.29 is 62.1 Å². The third-order valence-electron chi connectivity index (χ3n) is 6.93. The van der Waals surface area contributed by atoms with Gasteiger partial charge in [0.15, 0.2) is 0 Å². The fourth-order valence-electron chi connectivity index (χ4n) is 5.47. The standard InChI is InChI=1S/C23H28F3N5O4S.Na.H/c24-23(25,26)14-30-13-18(12-27-30)31(17-7-9-35-10-8-17)36(33,34)29-22(32)28-21-19-5-1-3-15(19)11-16-4-2-6-20(16)21;;/h11-13,17H,1-10,14H2,(H2,28,29,32);;/q;+1;-1. The molecule has 1 saturated heterocycles. The molecular weight excluding hydrogens is 522 g/mol. The number of amides is 2. The quantitative estimate of drug-likeness (QED) is 0.512. The molecule has 0 atom stereocenters. The van der Waals surface area contributed by atoms with Gasteiger partial charge in [-0.3, -0.25) is 4.68 Å². The van der Waals surface area contributed by atoms with E-state index in [9.17, 15) is 26.4 Å². The van der Waals surface area contributed by atoms with Gasteiger partial charge in [-0.2, -0.15) is 26.7 Å². The molecule has 2 aliphatic carbocycles. The van der Waals surface area contributed by atoms with Gasteiger partial charge in [-0.05, 0) is 73.6 Å². The van der Waals surface area contributed by atoms with Crippen molar-refractivity contribution >= 4 is 27.6 Å². The molecule has 2 aromatic rings. The second kappa shape index (κ2) is 11.1. The van der Waals surface area contributed by atoms with E-state index >= 15 is 0 Å². The smallest absolute Gasteiger partial charge is 1.00 e. The Labute approximate surface area is 237 Å². The van der Waals surface area contributed by atoms with Crippen LogP contribution in [0.2, 0.25) is 0 Å². The molecule has 1 fully saturated rings. The normalized spacial score (nSPS) is 17.6. The third kappa shape index (κ3) is 6.27. The van der Waals surface area contributed by atoms with Gasteiger partial charge in [0, 0.05) is 25.1 Å². The first-order valence-corrected chi connectivity index (χ1v) is 13.5. The SMILES string of the molecule is O=C(Nc1c2c(cc3c1CCC3)CCC2)NS(=O)(=O)N(c1cnn(CC(F)(F)F)c1)C1CCOCC1.[H-].[Na+]. The number of anilines is 2. The predicted molar refractivity (Wildman–Crippen MR) is 127 cm³/mol. The van der Waals surface area contributed by atoms with Crippen LogP contribution in [0.25, 0.3) is 0 Å². The summed E-state index contributed by atoms with van der Waals surface area (Å²) in [7, 11) is -4.47. The molecule has 0 bridgehead atoms. The molecule has 1 aromatic heterocycles. The van der Waals surface area contributed by atoms with E-state index in [1.165, 1.54) is 11.1 Å². The molecule has 1 aliphatic heterocycles. The summed E-state index contributed by atoms with van der Waals surface area (Å²) in [6.45, 7) is -0.767. The first-order valence-electron chi connectivity index (χ1n) is 12.1. The van der Waals surface area contributed by atoms with Crippen LogP contribution in [0, 0.1) is 0 Å². The summed E-state index contributed by atoms with van der Waals surface area (Å²) < 4.78 is 74.4. The van der Waals surface area contributed by atoms with Gasteiger partial charge in [0.25, 0.3) is 0 Å². The molecule has 0 unspecified atom stereocenters. The van der Waals surface area contributed by atoms with Crippen molar-refractivity contribution in [1.29, 1.82) is 0 Å². The van der Waals surface area contributed by atoms with Crippen molar-refractivity contribution in [2.45, 2.75) is 70.1 Å².